The lowest BCUT2D eigenvalue weighted by Crippen LogP contribution is -2.11. The zero-order valence-corrected chi connectivity index (χ0v) is 12.8. The Bertz CT molecular complexity index is 695. The minimum Gasteiger partial charge on any atom is -0.456 e. The van der Waals surface area contributed by atoms with Gasteiger partial charge in [-0.1, -0.05) is 15.9 Å². The van der Waals surface area contributed by atoms with E-state index in [1.807, 2.05) is 4.57 Å². The highest BCUT2D eigenvalue weighted by Crippen LogP contribution is 2.37. The van der Waals surface area contributed by atoms with Crippen molar-refractivity contribution in [1.82, 2.24) is 4.57 Å². The van der Waals surface area contributed by atoms with Gasteiger partial charge in [-0.3, -0.25) is 0 Å². The number of nitrogens with zero attached hydrogens (tertiary/aromatic N) is 1. The molecule has 0 aliphatic heterocycles. The predicted molar refractivity (Wildman–Crippen MR) is 80.3 cm³/mol. The second-order valence-corrected chi connectivity index (χ2v) is 5.96. The minimum absolute atomic E-state index is 0.00687. The number of hydrogen-bond donors (Lipinski definition) is 1. The summed E-state index contributed by atoms with van der Waals surface area (Å²) in [5, 5.41) is 0. The third kappa shape index (κ3) is 3.10. The summed E-state index contributed by atoms with van der Waals surface area (Å²) in [5.41, 5.74) is 7.32. The van der Waals surface area contributed by atoms with Crippen LogP contribution in [0.2, 0.25) is 0 Å². The number of hydrogen-bond acceptors (Lipinski definition) is 3. The molecule has 110 valence electrons. The van der Waals surface area contributed by atoms with Crippen LogP contribution in [0, 0.1) is 5.82 Å². The fourth-order valence-corrected chi connectivity index (χ4v) is 2.55. The Morgan fingerprint density at radius 1 is 1.43 bits per heavy atom. The number of aromatic nitrogens is 1. The van der Waals surface area contributed by atoms with Gasteiger partial charge < -0.3 is 15.0 Å². The van der Waals surface area contributed by atoms with Gasteiger partial charge in [-0.05, 0) is 37.1 Å². The molecule has 1 aromatic carbocycles. The Kier molecular flexibility index (Phi) is 3.71. The number of nitrogens with two attached hydrogens (primary N) is 1. The van der Waals surface area contributed by atoms with Gasteiger partial charge in [-0.2, -0.15) is 0 Å². The van der Waals surface area contributed by atoms with Gasteiger partial charge >= 0.3 is 5.97 Å². The summed E-state index contributed by atoms with van der Waals surface area (Å²) in [7, 11) is 0. The molecule has 0 atom stereocenters. The summed E-state index contributed by atoms with van der Waals surface area (Å²) in [6, 6.07) is 6.22. The maximum Gasteiger partial charge on any atom is 0.355 e. The quantitative estimate of drug-likeness (QED) is 0.854. The Hall–Kier alpha value is -1.82. The van der Waals surface area contributed by atoms with E-state index in [0.29, 0.717) is 27.5 Å². The molecule has 3 rings (SSSR count). The number of benzene rings is 1. The lowest BCUT2D eigenvalue weighted by molar-refractivity contribution is 0.0458. The van der Waals surface area contributed by atoms with Gasteiger partial charge in [0.15, 0.2) is 0 Å². The van der Waals surface area contributed by atoms with Gasteiger partial charge in [0.1, 0.15) is 18.1 Å². The van der Waals surface area contributed by atoms with Crippen LogP contribution in [-0.2, 0) is 11.3 Å². The summed E-state index contributed by atoms with van der Waals surface area (Å²) >= 11 is 3.31. The first kappa shape index (κ1) is 14.1. The molecule has 0 amide bonds. The first-order valence-electron chi connectivity index (χ1n) is 6.63. The maximum atomic E-state index is 13.2. The highest BCUT2D eigenvalue weighted by atomic mass is 79.9. The molecule has 1 aliphatic carbocycles. The Balaban J connectivity index is 1.73. The summed E-state index contributed by atoms with van der Waals surface area (Å²) in [5.74, 6) is -0.815. The molecule has 0 spiro atoms. The van der Waals surface area contributed by atoms with Gasteiger partial charge in [0.05, 0.1) is 5.69 Å². The van der Waals surface area contributed by atoms with Gasteiger partial charge in [0.2, 0.25) is 0 Å². The van der Waals surface area contributed by atoms with E-state index in [0.717, 1.165) is 12.8 Å². The number of esters is 1. The van der Waals surface area contributed by atoms with E-state index in [2.05, 4.69) is 15.9 Å². The normalized spacial score (nSPS) is 14.2. The standard InChI is InChI=1S/C15H14BrFN2O2/c16-13-4-1-10(17)5-9(13)8-21-15(20)14-6-11(18)7-19(14)12-2-3-12/h1,4-7,12H,2-3,8,18H2. The smallest absolute Gasteiger partial charge is 0.355 e. The van der Waals surface area contributed by atoms with Crippen molar-refractivity contribution in [3.05, 3.63) is 52.0 Å². The second-order valence-electron chi connectivity index (χ2n) is 5.11. The van der Waals surface area contributed by atoms with Crippen molar-refractivity contribution in [1.29, 1.82) is 0 Å². The van der Waals surface area contributed by atoms with Gasteiger partial charge in [-0.25, -0.2) is 9.18 Å². The van der Waals surface area contributed by atoms with E-state index >= 15 is 0 Å². The number of nitrogen functional groups attached to an aromatic ring is 1. The molecule has 0 bridgehead atoms. The average molecular weight is 353 g/mol. The first-order chi connectivity index (χ1) is 10.0. The second kappa shape index (κ2) is 5.52. The largest absolute Gasteiger partial charge is 0.456 e. The number of ether oxygens (including phenoxy) is 1. The topological polar surface area (TPSA) is 57.3 Å². The van der Waals surface area contributed by atoms with Gasteiger partial charge in [0.25, 0.3) is 0 Å². The van der Waals surface area contributed by atoms with Crippen LogP contribution in [0.15, 0.2) is 34.9 Å². The molecule has 2 N–H and O–H groups in total. The predicted octanol–water partition coefficient (Wildman–Crippen LogP) is 3.66. The zero-order chi connectivity index (χ0) is 15.0. The summed E-state index contributed by atoms with van der Waals surface area (Å²) < 4.78 is 21.0. The maximum absolute atomic E-state index is 13.2. The van der Waals surface area contributed by atoms with Crippen LogP contribution in [0.5, 0.6) is 0 Å². The van der Waals surface area contributed by atoms with Crippen LogP contribution >= 0.6 is 15.9 Å². The average Bonchev–Trinajstić information content (AvgIpc) is 3.22. The van der Waals surface area contributed by atoms with E-state index < -0.39 is 5.97 Å². The van der Waals surface area contributed by atoms with E-state index in [1.54, 1.807) is 18.3 Å². The third-order valence-corrected chi connectivity index (χ3v) is 4.16. The molecular weight excluding hydrogens is 339 g/mol. The van der Waals surface area contributed by atoms with Crippen molar-refractivity contribution in [2.45, 2.75) is 25.5 Å². The van der Waals surface area contributed by atoms with E-state index in [9.17, 15) is 9.18 Å². The van der Waals surface area contributed by atoms with Crippen LogP contribution in [-0.4, -0.2) is 10.5 Å². The van der Waals surface area contributed by atoms with Crippen LogP contribution < -0.4 is 5.73 Å². The van der Waals surface area contributed by atoms with E-state index in [1.165, 1.54) is 12.1 Å². The van der Waals surface area contributed by atoms with Gasteiger partial charge in [-0.15, -0.1) is 0 Å². The lowest BCUT2D eigenvalue weighted by atomic mass is 10.2. The minimum atomic E-state index is -0.449. The number of carbonyl (C=O) groups excluding carboxylic acids is 1. The van der Waals surface area contributed by atoms with Crippen molar-refractivity contribution in [3.63, 3.8) is 0 Å². The highest BCUT2D eigenvalue weighted by Gasteiger charge is 2.28. The van der Waals surface area contributed by atoms with Crippen molar-refractivity contribution in [2.75, 3.05) is 5.73 Å². The molecule has 0 saturated heterocycles. The molecule has 1 aliphatic rings. The molecular formula is C15H14BrFN2O2. The molecule has 1 fully saturated rings. The molecule has 1 aromatic heterocycles. The SMILES string of the molecule is Nc1cc(C(=O)OCc2cc(F)ccc2Br)n(C2CC2)c1. The zero-order valence-electron chi connectivity index (χ0n) is 11.2. The molecule has 0 radical (unpaired) electrons. The lowest BCUT2D eigenvalue weighted by Gasteiger charge is -2.09. The summed E-state index contributed by atoms with van der Waals surface area (Å²) in [6.07, 6.45) is 3.85. The summed E-state index contributed by atoms with van der Waals surface area (Å²) in [6.45, 7) is 0.00687. The molecule has 2 aromatic rings. The Morgan fingerprint density at radius 2 is 2.19 bits per heavy atom. The van der Waals surface area contributed by atoms with Crippen molar-refractivity contribution >= 4 is 27.6 Å². The van der Waals surface area contributed by atoms with Crippen LogP contribution in [0.4, 0.5) is 10.1 Å². The highest BCUT2D eigenvalue weighted by molar-refractivity contribution is 9.10. The molecule has 6 heteroatoms. The Morgan fingerprint density at radius 3 is 2.90 bits per heavy atom. The third-order valence-electron chi connectivity index (χ3n) is 3.39. The number of halogens is 2. The van der Waals surface area contributed by atoms with Crippen LogP contribution in [0.25, 0.3) is 0 Å². The van der Waals surface area contributed by atoms with Crippen LogP contribution in [0.3, 0.4) is 0 Å². The van der Waals surface area contributed by atoms with E-state index in [-0.39, 0.29) is 12.4 Å². The van der Waals surface area contributed by atoms with Crippen LogP contribution in [0.1, 0.15) is 34.9 Å². The van der Waals surface area contributed by atoms with E-state index in [4.69, 9.17) is 10.5 Å². The molecule has 21 heavy (non-hydrogen) atoms. The number of rotatable bonds is 4. The molecule has 1 saturated carbocycles. The van der Waals surface area contributed by atoms with Gasteiger partial charge in [0, 0.05) is 22.3 Å². The van der Waals surface area contributed by atoms with Crippen molar-refractivity contribution < 1.29 is 13.9 Å². The number of carbonyl (C=O) groups is 1. The first-order valence-corrected chi connectivity index (χ1v) is 7.42. The summed E-state index contributed by atoms with van der Waals surface area (Å²) in [4.78, 5) is 12.2. The molecule has 4 nitrogen and oxygen atoms in total. The fourth-order valence-electron chi connectivity index (χ4n) is 2.19. The number of anilines is 1. The molecule has 1 heterocycles. The van der Waals surface area contributed by atoms with Crippen molar-refractivity contribution in [3.8, 4) is 0 Å². The monoisotopic (exact) mass is 352 g/mol. The van der Waals surface area contributed by atoms with Crippen molar-refractivity contribution in [2.24, 2.45) is 0 Å². The molecule has 0 unspecified atom stereocenters. The Labute approximate surface area is 129 Å². The fraction of sp³-hybridized carbons (Fsp3) is 0.267.